The Bertz CT molecular complexity index is 425. The lowest BCUT2D eigenvalue weighted by Crippen LogP contribution is -3.00. The van der Waals surface area contributed by atoms with E-state index in [1.807, 2.05) is 27.2 Å². The Kier molecular flexibility index (Phi) is 6.58. The summed E-state index contributed by atoms with van der Waals surface area (Å²) >= 11 is 0. The third kappa shape index (κ3) is 6.37. The molecular formula is C13H19ClN2O2. The number of hydrogen-bond donors (Lipinski definition) is 1. The van der Waals surface area contributed by atoms with Crippen LogP contribution < -0.4 is 12.4 Å². The van der Waals surface area contributed by atoms with E-state index in [9.17, 15) is 9.90 Å². The minimum atomic E-state index is 0. The zero-order valence-corrected chi connectivity index (χ0v) is 11.7. The molecule has 1 aromatic rings. The molecule has 0 heterocycles. The summed E-state index contributed by atoms with van der Waals surface area (Å²) in [5.74, 6) is 0.263. The lowest BCUT2D eigenvalue weighted by atomic mass is 10.2. The maximum absolute atomic E-state index is 11.5. The minimum Gasteiger partial charge on any atom is -1.00 e. The molecule has 0 bridgehead atoms. The summed E-state index contributed by atoms with van der Waals surface area (Å²) in [4.78, 5) is 15.6. The molecule has 0 aliphatic rings. The number of quaternary nitrogens is 1. The van der Waals surface area contributed by atoms with Crippen LogP contribution in [-0.2, 0) is 4.79 Å². The number of phenols is 1. The van der Waals surface area contributed by atoms with Crippen molar-refractivity contribution in [2.45, 2.75) is 0 Å². The van der Waals surface area contributed by atoms with Crippen molar-refractivity contribution < 1.29 is 26.8 Å². The van der Waals surface area contributed by atoms with Gasteiger partial charge in [0, 0.05) is 11.8 Å². The van der Waals surface area contributed by atoms with E-state index in [2.05, 4.69) is 4.99 Å². The normalized spacial score (nSPS) is 11.3. The summed E-state index contributed by atoms with van der Waals surface area (Å²) < 4.78 is 0.602. The van der Waals surface area contributed by atoms with E-state index in [0.717, 1.165) is 0 Å². The van der Waals surface area contributed by atoms with E-state index >= 15 is 0 Å². The number of carbonyl (C=O) groups excluding carboxylic acids is 1. The van der Waals surface area contributed by atoms with Crippen LogP contribution in [0.4, 0.5) is 0 Å². The molecule has 1 N–H and O–H groups in total. The van der Waals surface area contributed by atoms with Gasteiger partial charge in [0.25, 0.3) is 0 Å². The van der Waals surface area contributed by atoms with Gasteiger partial charge in [-0.1, -0.05) is 12.1 Å². The second kappa shape index (κ2) is 7.13. The van der Waals surface area contributed by atoms with Gasteiger partial charge >= 0.3 is 0 Å². The maximum atomic E-state index is 11.5. The molecule has 0 amide bonds. The second-order valence-corrected chi connectivity index (χ2v) is 5.02. The summed E-state index contributed by atoms with van der Waals surface area (Å²) in [5, 5.41) is 9.48. The molecule has 4 nitrogen and oxygen atoms in total. The van der Waals surface area contributed by atoms with Crippen molar-refractivity contribution >= 4 is 12.0 Å². The zero-order valence-electron chi connectivity index (χ0n) is 10.9. The molecule has 0 aromatic heterocycles. The number of aromatic hydroxyl groups is 1. The molecule has 0 fully saturated rings. The molecule has 0 radical (unpaired) electrons. The van der Waals surface area contributed by atoms with Gasteiger partial charge in [-0.2, -0.15) is 0 Å². The standard InChI is InChI=1S/C13H18N2O2.ClH/c1-15(2,3)10-12(16)9-14-8-11-6-4-5-7-13(11)17;/h4-8H,9-10H2,1-3H3;1H. The number of nitrogens with zero attached hydrogens (tertiary/aromatic N) is 2. The van der Waals surface area contributed by atoms with E-state index in [0.29, 0.717) is 16.6 Å². The van der Waals surface area contributed by atoms with Gasteiger partial charge in [-0.25, -0.2) is 0 Å². The smallest absolute Gasteiger partial charge is 0.208 e. The number of likely N-dealkylation sites (N-methyl/N-ethyl adjacent to an activating group) is 1. The van der Waals surface area contributed by atoms with Crippen LogP contribution in [0.25, 0.3) is 0 Å². The maximum Gasteiger partial charge on any atom is 0.208 e. The highest BCUT2D eigenvalue weighted by molar-refractivity contribution is 5.87. The summed E-state index contributed by atoms with van der Waals surface area (Å²) in [6.07, 6.45) is 1.53. The molecule has 0 aliphatic heterocycles. The van der Waals surface area contributed by atoms with Crippen LogP contribution in [0.5, 0.6) is 5.75 Å². The summed E-state index contributed by atoms with van der Waals surface area (Å²) in [6, 6.07) is 6.90. The van der Waals surface area contributed by atoms with Gasteiger partial charge in [0.15, 0.2) is 0 Å². The van der Waals surface area contributed by atoms with Crippen LogP contribution in [0.2, 0.25) is 0 Å². The van der Waals surface area contributed by atoms with Crippen LogP contribution >= 0.6 is 0 Å². The Balaban J connectivity index is 0.00000289. The van der Waals surface area contributed by atoms with Crippen molar-refractivity contribution in [3.8, 4) is 5.75 Å². The number of benzene rings is 1. The highest BCUT2D eigenvalue weighted by Gasteiger charge is 2.13. The highest BCUT2D eigenvalue weighted by atomic mass is 35.5. The average Bonchev–Trinajstić information content (AvgIpc) is 2.18. The Labute approximate surface area is 114 Å². The van der Waals surface area contributed by atoms with Crippen LogP contribution in [0.3, 0.4) is 0 Å². The Hall–Kier alpha value is -1.39. The van der Waals surface area contributed by atoms with Gasteiger partial charge in [-0.05, 0) is 12.1 Å². The number of aliphatic imine (C=N–C) groups is 1. The molecule has 1 aromatic carbocycles. The monoisotopic (exact) mass is 270 g/mol. The molecule has 1 rings (SSSR count). The highest BCUT2D eigenvalue weighted by Crippen LogP contribution is 2.12. The fourth-order valence-corrected chi connectivity index (χ4v) is 1.42. The van der Waals surface area contributed by atoms with Crippen molar-refractivity contribution in [2.24, 2.45) is 4.99 Å². The summed E-state index contributed by atoms with van der Waals surface area (Å²) in [5.41, 5.74) is 0.630. The lowest BCUT2D eigenvalue weighted by Gasteiger charge is -2.22. The van der Waals surface area contributed by atoms with Crippen LogP contribution in [-0.4, -0.2) is 55.8 Å². The van der Waals surface area contributed by atoms with E-state index in [1.54, 1.807) is 18.2 Å². The van der Waals surface area contributed by atoms with Crippen molar-refractivity contribution in [1.29, 1.82) is 0 Å². The number of phenolic OH excluding ortho intramolecular Hbond substituents is 1. The number of hydrogen-bond acceptors (Lipinski definition) is 3. The van der Waals surface area contributed by atoms with E-state index in [4.69, 9.17) is 0 Å². The lowest BCUT2D eigenvalue weighted by molar-refractivity contribution is -0.862. The average molecular weight is 271 g/mol. The van der Waals surface area contributed by atoms with E-state index in [-0.39, 0.29) is 30.5 Å². The first-order chi connectivity index (χ1) is 7.88. The van der Waals surface area contributed by atoms with Crippen molar-refractivity contribution in [2.75, 3.05) is 34.2 Å². The number of carbonyl (C=O) groups is 1. The van der Waals surface area contributed by atoms with Gasteiger partial charge in [0.2, 0.25) is 5.78 Å². The predicted molar refractivity (Wildman–Crippen MR) is 68.5 cm³/mol. The Morgan fingerprint density at radius 2 is 1.94 bits per heavy atom. The molecule has 100 valence electrons. The number of Topliss-reactive ketones (excluding diaryl/α,β-unsaturated/α-hetero) is 1. The molecular weight excluding hydrogens is 252 g/mol. The summed E-state index contributed by atoms with van der Waals surface area (Å²) in [7, 11) is 5.89. The van der Waals surface area contributed by atoms with Crippen molar-refractivity contribution in [3.63, 3.8) is 0 Å². The molecule has 0 saturated carbocycles. The predicted octanol–water partition coefficient (Wildman–Crippen LogP) is -1.91. The number of para-hydroxylation sites is 1. The molecule has 0 saturated heterocycles. The number of halogens is 1. The van der Waals surface area contributed by atoms with E-state index < -0.39 is 0 Å². The first kappa shape index (κ1) is 16.6. The Morgan fingerprint density at radius 1 is 1.33 bits per heavy atom. The largest absolute Gasteiger partial charge is 1.00 e. The fraction of sp³-hybridized carbons (Fsp3) is 0.385. The number of rotatable bonds is 5. The summed E-state index contributed by atoms with van der Waals surface area (Å²) in [6.45, 7) is 0.613. The molecule has 0 aliphatic carbocycles. The quantitative estimate of drug-likeness (QED) is 0.502. The molecule has 18 heavy (non-hydrogen) atoms. The van der Waals surface area contributed by atoms with Crippen molar-refractivity contribution in [3.05, 3.63) is 29.8 Å². The van der Waals surface area contributed by atoms with Crippen LogP contribution in [0.1, 0.15) is 5.56 Å². The third-order valence-corrected chi connectivity index (χ3v) is 2.09. The molecule has 0 unspecified atom stereocenters. The van der Waals surface area contributed by atoms with Gasteiger partial charge in [0.1, 0.15) is 18.8 Å². The zero-order chi connectivity index (χ0) is 12.9. The third-order valence-electron chi connectivity index (χ3n) is 2.09. The van der Waals surface area contributed by atoms with Crippen LogP contribution in [0.15, 0.2) is 29.3 Å². The van der Waals surface area contributed by atoms with Crippen LogP contribution in [0, 0.1) is 0 Å². The van der Waals surface area contributed by atoms with Gasteiger partial charge in [-0.15, -0.1) is 0 Å². The number of ketones is 1. The molecule has 5 heteroatoms. The fourth-order valence-electron chi connectivity index (χ4n) is 1.42. The first-order valence-corrected chi connectivity index (χ1v) is 5.48. The first-order valence-electron chi connectivity index (χ1n) is 5.48. The van der Waals surface area contributed by atoms with Gasteiger partial charge in [0.05, 0.1) is 21.1 Å². The SMILES string of the molecule is C[N+](C)(C)CC(=O)CN=Cc1ccccc1O.[Cl-]. The second-order valence-electron chi connectivity index (χ2n) is 5.02. The molecule has 0 spiro atoms. The molecule has 0 atom stereocenters. The van der Waals surface area contributed by atoms with Gasteiger partial charge < -0.3 is 22.0 Å². The van der Waals surface area contributed by atoms with Gasteiger partial charge in [-0.3, -0.25) is 9.79 Å². The Morgan fingerprint density at radius 3 is 2.50 bits per heavy atom. The van der Waals surface area contributed by atoms with Crippen molar-refractivity contribution in [1.82, 2.24) is 0 Å². The minimum absolute atomic E-state index is 0. The topological polar surface area (TPSA) is 49.7 Å². The van der Waals surface area contributed by atoms with E-state index in [1.165, 1.54) is 6.21 Å².